The molecule has 0 atom stereocenters. The minimum Gasteiger partial charge on any atom is -0.445 e. The third-order valence-corrected chi connectivity index (χ3v) is 4.01. The second-order valence-electron chi connectivity index (χ2n) is 5.93. The zero-order chi connectivity index (χ0) is 16.1. The largest absolute Gasteiger partial charge is 0.445 e. The highest BCUT2D eigenvalue weighted by Gasteiger charge is 2.30. The van der Waals surface area contributed by atoms with Crippen LogP contribution in [-0.2, 0) is 24.9 Å². The van der Waals surface area contributed by atoms with Gasteiger partial charge in [-0.2, -0.15) is 5.10 Å². The van der Waals surface area contributed by atoms with Gasteiger partial charge in [0, 0.05) is 31.9 Å². The van der Waals surface area contributed by atoms with Crippen molar-refractivity contribution in [3.8, 4) is 0 Å². The minimum atomic E-state index is -0.345. The minimum absolute atomic E-state index is 0.194. The Kier molecular flexibility index (Phi) is 4.92. The molecule has 0 unspecified atom stereocenters. The Morgan fingerprint density at radius 1 is 1.26 bits per heavy atom. The molecule has 122 valence electrons. The Morgan fingerprint density at radius 2 is 2.04 bits per heavy atom. The van der Waals surface area contributed by atoms with Crippen molar-refractivity contribution in [2.24, 2.45) is 7.05 Å². The average molecular weight is 314 g/mol. The van der Waals surface area contributed by atoms with Gasteiger partial charge in [-0.25, -0.2) is 4.79 Å². The summed E-state index contributed by atoms with van der Waals surface area (Å²) in [7, 11) is 1.91. The number of aromatic nitrogens is 2. The lowest BCUT2D eigenvalue weighted by Crippen LogP contribution is -2.52. The van der Waals surface area contributed by atoms with Gasteiger partial charge in [0.05, 0.1) is 5.69 Å². The second-order valence-corrected chi connectivity index (χ2v) is 5.93. The molecular formula is C17H22N4O2. The lowest BCUT2D eigenvalue weighted by atomic mass is 9.87. The predicted molar refractivity (Wildman–Crippen MR) is 86.6 cm³/mol. The van der Waals surface area contributed by atoms with Gasteiger partial charge in [-0.1, -0.05) is 30.3 Å². The van der Waals surface area contributed by atoms with E-state index in [2.05, 4.69) is 15.7 Å². The number of nitrogens with zero attached hydrogens (tertiary/aromatic N) is 2. The number of hydrogen-bond acceptors (Lipinski definition) is 4. The molecule has 2 N–H and O–H groups in total. The summed E-state index contributed by atoms with van der Waals surface area (Å²) >= 11 is 0. The first-order chi connectivity index (χ1) is 11.2. The molecule has 1 amide bonds. The van der Waals surface area contributed by atoms with E-state index in [9.17, 15) is 4.79 Å². The van der Waals surface area contributed by atoms with Crippen molar-refractivity contribution in [3.63, 3.8) is 0 Å². The number of nitrogens with one attached hydrogen (secondary N) is 2. The maximum atomic E-state index is 11.7. The number of benzene rings is 1. The van der Waals surface area contributed by atoms with Gasteiger partial charge in [0.1, 0.15) is 6.61 Å². The van der Waals surface area contributed by atoms with E-state index in [1.54, 1.807) is 4.68 Å². The van der Waals surface area contributed by atoms with Crippen molar-refractivity contribution in [2.75, 3.05) is 0 Å². The van der Waals surface area contributed by atoms with E-state index >= 15 is 0 Å². The summed E-state index contributed by atoms with van der Waals surface area (Å²) in [6, 6.07) is 12.3. The number of amides is 1. The molecule has 6 nitrogen and oxygen atoms in total. The highest BCUT2D eigenvalue weighted by atomic mass is 16.5. The standard InChI is InChI=1S/C17H22N4O2/c1-21-8-7-14(20-21)11-18-15-9-16(10-15)19-17(22)23-12-13-5-3-2-4-6-13/h2-8,15-16,18H,9-12H2,1H3,(H,19,22). The van der Waals surface area contributed by atoms with Crippen LogP contribution in [0.25, 0.3) is 0 Å². The Morgan fingerprint density at radius 3 is 2.74 bits per heavy atom. The number of carbonyl (C=O) groups is 1. The van der Waals surface area contributed by atoms with E-state index in [-0.39, 0.29) is 12.1 Å². The van der Waals surface area contributed by atoms with Crippen molar-refractivity contribution in [1.82, 2.24) is 20.4 Å². The van der Waals surface area contributed by atoms with Crippen LogP contribution >= 0.6 is 0 Å². The third-order valence-electron chi connectivity index (χ3n) is 4.01. The zero-order valence-electron chi connectivity index (χ0n) is 13.2. The third kappa shape index (κ3) is 4.56. The van der Waals surface area contributed by atoms with Crippen LogP contribution in [0.1, 0.15) is 24.1 Å². The molecule has 0 saturated heterocycles. The fourth-order valence-corrected chi connectivity index (χ4v) is 2.64. The van der Waals surface area contributed by atoms with Gasteiger partial charge in [-0.05, 0) is 24.5 Å². The van der Waals surface area contributed by atoms with E-state index in [0.29, 0.717) is 12.6 Å². The molecule has 6 heteroatoms. The quantitative estimate of drug-likeness (QED) is 0.855. The molecule has 1 heterocycles. The molecule has 0 aliphatic heterocycles. The van der Waals surface area contributed by atoms with Crippen molar-refractivity contribution in [1.29, 1.82) is 0 Å². The van der Waals surface area contributed by atoms with E-state index in [0.717, 1.165) is 30.6 Å². The fourth-order valence-electron chi connectivity index (χ4n) is 2.64. The summed E-state index contributed by atoms with van der Waals surface area (Å²) in [6.07, 6.45) is 3.44. The number of aryl methyl sites for hydroxylation is 1. The van der Waals surface area contributed by atoms with Gasteiger partial charge in [0.15, 0.2) is 0 Å². The number of alkyl carbamates (subject to hydrolysis) is 1. The molecule has 1 saturated carbocycles. The molecule has 3 rings (SSSR count). The van der Waals surface area contributed by atoms with Gasteiger partial charge in [0.2, 0.25) is 0 Å². The lowest BCUT2D eigenvalue weighted by molar-refractivity contribution is 0.125. The molecule has 1 fully saturated rings. The smallest absolute Gasteiger partial charge is 0.407 e. The highest BCUT2D eigenvalue weighted by molar-refractivity contribution is 5.67. The molecule has 0 bridgehead atoms. The molecule has 23 heavy (non-hydrogen) atoms. The fraction of sp³-hybridized carbons (Fsp3) is 0.412. The maximum absolute atomic E-state index is 11.7. The summed E-state index contributed by atoms with van der Waals surface area (Å²) in [4.78, 5) is 11.7. The van der Waals surface area contributed by atoms with Gasteiger partial charge in [-0.3, -0.25) is 4.68 Å². The van der Waals surface area contributed by atoms with Crippen LogP contribution in [0.4, 0.5) is 4.79 Å². The maximum Gasteiger partial charge on any atom is 0.407 e. The molecular weight excluding hydrogens is 292 g/mol. The first-order valence-electron chi connectivity index (χ1n) is 7.88. The van der Waals surface area contributed by atoms with Crippen LogP contribution in [0.5, 0.6) is 0 Å². The van der Waals surface area contributed by atoms with Crippen LogP contribution in [-0.4, -0.2) is 28.0 Å². The zero-order valence-corrected chi connectivity index (χ0v) is 13.2. The van der Waals surface area contributed by atoms with Gasteiger partial charge in [0.25, 0.3) is 0 Å². The van der Waals surface area contributed by atoms with Gasteiger partial charge in [-0.15, -0.1) is 0 Å². The number of carbonyl (C=O) groups excluding carboxylic acids is 1. The van der Waals surface area contributed by atoms with E-state index in [4.69, 9.17) is 4.74 Å². The number of ether oxygens (including phenoxy) is 1. The Bertz CT molecular complexity index is 635. The first kappa shape index (κ1) is 15.6. The molecule has 0 spiro atoms. The van der Waals surface area contributed by atoms with Crippen molar-refractivity contribution in [2.45, 2.75) is 38.1 Å². The van der Waals surface area contributed by atoms with E-state index in [1.807, 2.05) is 49.6 Å². The molecule has 0 radical (unpaired) electrons. The molecule has 1 aliphatic carbocycles. The molecule has 1 aliphatic rings. The van der Waals surface area contributed by atoms with Crippen LogP contribution in [0.3, 0.4) is 0 Å². The van der Waals surface area contributed by atoms with Crippen LogP contribution in [0.2, 0.25) is 0 Å². The topological polar surface area (TPSA) is 68.2 Å². The van der Waals surface area contributed by atoms with E-state index in [1.165, 1.54) is 0 Å². The van der Waals surface area contributed by atoms with Gasteiger partial charge >= 0.3 is 6.09 Å². The monoisotopic (exact) mass is 314 g/mol. The Labute approximate surface area is 135 Å². The average Bonchev–Trinajstić information content (AvgIpc) is 2.94. The molecule has 1 aromatic carbocycles. The summed E-state index contributed by atoms with van der Waals surface area (Å²) < 4.78 is 7.02. The summed E-state index contributed by atoms with van der Waals surface area (Å²) in [5.74, 6) is 0. The van der Waals surface area contributed by atoms with Crippen LogP contribution < -0.4 is 10.6 Å². The van der Waals surface area contributed by atoms with Gasteiger partial charge < -0.3 is 15.4 Å². The normalized spacial score (nSPS) is 19.9. The van der Waals surface area contributed by atoms with Crippen LogP contribution in [0, 0.1) is 0 Å². The lowest BCUT2D eigenvalue weighted by Gasteiger charge is -2.36. The predicted octanol–water partition coefficient (Wildman–Crippen LogP) is 1.97. The van der Waals surface area contributed by atoms with Crippen molar-refractivity contribution in [3.05, 3.63) is 53.9 Å². The number of rotatable bonds is 6. The molecule has 1 aromatic heterocycles. The summed E-state index contributed by atoms with van der Waals surface area (Å²) in [6.45, 7) is 1.07. The number of hydrogen-bond donors (Lipinski definition) is 2. The summed E-state index contributed by atoms with van der Waals surface area (Å²) in [5.41, 5.74) is 2.03. The van der Waals surface area contributed by atoms with Crippen molar-refractivity contribution < 1.29 is 9.53 Å². The second kappa shape index (κ2) is 7.28. The van der Waals surface area contributed by atoms with Crippen molar-refractivity contribution >= 4 is 6.09 Å². The van der Waals surface area contributed by atoms with E-state index < -0.39 is 0 Å². The molecule has 2 aromatic rings. The van der Waals surface area contributed by atoms with Crippen LogP contribution in [0.15, 0.2) is 42.6 Å². The summed E-state index contributed by atoms with van der Waals surface area (Å²) in [5, 5.41) is 10.7. The first-order valence-corrected chi connectivity index (χ1v) is 7.88. The highest BCUT2D eigenvalue weighted by Crippen LogP contribution is 2.20. The Balaban J connectivity index is 1.30. The SMILES string of the molecule is Cn1ccc(CNC2CC(NC(=O)OCc3ccccc3)C2)n1. The Hall–Kier alpha value is -2.34.